The molecule has 0 fully saturated rings. The molecule has 0 spiro atoms. The van der Waals surface area contributed by atoms with Crippen molar-refractivity contribution in [2.45, 2.75) is 33.1 Å². The second-order valence-corrected chi connectivity index (χ2v) is 5.13. The van der Waals surface area contributed by atoms with E-state index in [-0.39, 0.29) is 5.41 Å². The summed E-state index contributed by atoms with van der Waals surface area (Å²) in [6, 6.07) is 8.56. The first-order valence-electron chi connectivity index (χ1n) is 5.60. The lowest BCUT2D eigenvalue weighted by Crippen LogP contribution is -2.31. The standard InChI is InChI=1S/C13H20BrN/c1-3-13(4-2,10-15)9-11-5-7-12(14)8-6-11/h5-8H,3-4,9-10,15H2,1-2H3. The topological polar surface area (TPSA) is 26.0 Å². The fourth-order valence-corrected chi connectivity index (χ4v) is 2.16. The molecule has 1 aromatic rings. The van der Waals surface area contributed by atoms with Crippen LogP contribution in [0.4, 0.5) is 0 Å². The zero-order valence-electron chi connectivity index (χ0n) is 9.59. The minimum atomic E-state index is 0.286. The number of benzene rings is 1. The lowest BCUT2D eigenvalue weighted by atomic mass is 9.77. The maximum Gasteiger partial charge on any atom is 0.0175 e. The van der Waals surface area contributed by atoms with Crippen molar-refractivity contribution in [3.63, 3.8) is 0 Å². The van der Waals surface area contributed by atoms with Gasteiger partial charge in [-0.1, -0.05) is 41.9 Å². The molecular formula is C13H20BrN. The molecule has 1 aromatic carbocycles. The van der Waals surface area contributed by atoms with Crippen molar-refractivity contribution < 1.29 is 0 Å². The first-order chi connectivity index (χ1) is 7.15. The normalized spacial score (nSPS) is 11.7. The highest BCUT2D eigenvalue weighted by Crippen LogP contribution is 2.30. The van der Waals surface area contributed by atoms with E-state index in [0.717, 1.165) is 30.3 Å². The minimum Gasteiger partial charge on any atom is -0.330 e. The van der Waals surface area contributed by atoms with Crippen molar-refractivity contribution in [1.82, 2.24) is 0 Å². The van der Waals surface area contributed by atoms with Gasteiger partial charge in [0.25, 0.3) is 0 Å². The first-order valence-corrected chi connectivity index (χ1v) is 6.39. The average Bonchev–Trinajstić information content (AvgIpc) is 2.29. The molecular weight excluding hydrogens is 250 g/mol. The SMILES string of the molecule is CCC(CC)(CN)Cc1ccc(Br)cc1. The smallest absolute Gasteiger partial charge is 0.0175 e. The Kier molecular flexibility index (Phi) is 4.81. The van der Waals surface area contributed by atoms with Gasteiger partial charge >= 0.3 is 0 Å². The van der Waals surface area contributed by atoms with Gasteiger partial charge in [0.05, 0.1) is 0 Å². The summed E-state index contributed by atoms with van der Waals surface area (Å²) in [5.74, 6) is 0. The van der Waals surface area contributed by atoms with E-state index >= 15 is 0 Å². The zero-order chi connectivity index (χ0) is 11.3. The summed E-state index contributed by atoms with van der Waals surface area (Å²) in [7, 11) is 0. The van der Waals surface area contributed by atoms with Gasteiger partial charge < -0.3 is 5.73 Å². The van der Waals surface area contributed by atoms with E-state index in [1.165, 1.54) is 5.56 Å². The highest BCUT2D eigenvalue weighted by Gasteiger charge is 2.24. The zero-order valence-corrected chi connectivity index (χ0v) is 11.2. The molecule has 0 atom stereocenters. The van der Waals surface area contributed by atoms with Gasteiger partial charge in [-0.15, -0.1) is 0 Å². The quantitative estimate of drug-likeness (QED) is 0.866. The predicted molar refractivity (Wildman–Crippen MR) is 69.9 cm³/mol. The molecule has 0 bridgehead atoms. The maximum absolute atomic E-state index is 5.90. The molecule has 15 heavy (non-hydrogen) atoms. The number of nitrogens with two attached hydrogens (primary N) is 1. The van der Waals surface area contributed by atoms with E-state index in [1.54, 1.807) is 0 Å². The molecule has 2 N–H and O–H groups in total. The van der Waals surface area contributed by atoms with Gasteiger partial charge in [0.2, 0.25) is 0 Å². The Morgan fingerprint density at radius 1 is 1.13 bits per heavy atom. The number of hydrogen-bond acceptors (Lipinski definition) is 1. The Bertz CT molecular complexity index is 280. The van der Waals surface area contributed by atoms with Crippen LogP contribution in [0.25, 0.3) is 0 Å². The van der Waals surface area contributed by atoms with E-state index in [4.69, 9.17) is 5.73 Å². The molecule has 0 aliphatic rings. The third-order valence-corrected chi connectivity index (χ3v) is 3.95. The summed E-state index contributed by atoms with van der Waals surface area (Å²) >= 11 is 3.45. The molecule has 0 heterocycles. The highest BCUT2D eigenvalue weighted by atomic mass is 79.9. The number of halogens is 1. The molecule has 0 aromatic heterocycles. The van der Waals surface area contributed by atoms with Crippen molar-refractivity contribution in [3.8, 4) is 0 Å². The Balaban J connectivity index is 2.78. The highest BCUT2D eigenvalue weighted by molar-refractivity contribution is 9.10. The van der Waals surface area contributed by atoms with Gasteiger partial charge in [0, 0.05) is 4.47 Å². The Hall–Kier alpha value is -0.340. The average molecular weight is 270 g/mol. The summed E-state index contributed by atoms with van der Waals surface area (Å²) in [6.45, 7) is 5.24. The molecule has 0 aliphatic heterocycles. The maximum atomic E-state index is 5.90. The van der Waals surface area contributed by atoms with Gasteiger partial charge in [-0.25, -0.2) is 0 Å². The number of hydrogen-bond donors (Lipinski definition) is 1. The molecule has 0 radical (unpaired) electrons. The van der Waals surface area contributed by atoms with Crippen LogP contribution in [0.2, 0.25) is 0 Å². The van der Waals surface area contributed by atoms with Crippen LogP contribution in [0.1, 0.15) is 32.3 Å². The van der Waals surface area contributed by atoms with Crippen LogP contribution in [-0.2, 0) is 6.42 Å². The van der Waals surface area contributed by atoms with Crippen LogP contribution in [0.5, 0.6) is 0 Å². The summed E-state index contributed by atoms with van der Waals surface area (Å²) in [6.07, 6.45) is 3.38. The Morgan fingerprint density at radius 2 is 1.67 bits per heavy atom. The fraction of sp³-hybridized carbons (Fsp3) is 0.538. The van der Waals surface area contributed by atoms with Gasteiger partial charge in [0.1, 0.15) is 0 Å². The molecule has 0 saturated heterocycles. The lowest BCUT2D eigenvalue weighted by Gasteiger charge is -2.30. The molecule has 0 unspecified atom stereocenters. The monoisotopic (exact) mass is 269 g/mol. The summed E-state index contributed by atoms with van der Waals surface area (Å²) in [5.41, 5.74) is 7.56. The second-order valence-electron chi connectivity index (χ2n) is 4.21. The predicted octanol–water partition coefficient (Wildman–Crippen LogP) is 3.76. The lowest BCUT2D eigenvalue weighted by molar-refractivity contribution is 0.271. The number of rotatable bonds is 5. The van der Waals surface area contributed by atoms with Crippen LogP contribution in [-0.4, -0.2) is 6.54 Å². The summed E-state index contributed by atoms with van der Waals surface area (Å²) in [4.78, 5) is 0. The van der Waals surface area contributed by atoms with E-state index < -0.39 is 0 Å². The van der Waals surface area contributed by atoms with Crippen LogP contribution in [0, 0.1) is 5.41 Å². The van der Waals surface area contributed by atoms with Gasteiger partial charge in [-0.3, -0.25) is 0 Å². The molecule has 0 aliphatic carbocycles. The van der Waals surface area contributed by atoms with Gasteiger partial charge in [-0.2, -0.15) is 0 Å². The van der Waals surface area contributed by atoms with Crippen LogP contribution in [0.3, 0.4) is 0 Å². The summed E-state index contributed by atoms with van der Waals surface area (Å²) in [5, 5.41) is 0. The fourth-order valence-electron chi connectivity index (χ4n) is 1.90. The summed E-state index contributed by atoms with van der Waals surface area (Å²) < 4.78 is 1.14. The van der Waals surface area contributed by atoms with Crippen molar-refractivity contribution in [3.05, 3.63) is 34.3 Å². The van der Waals surface area contributed by atoms with Crippen molar-refractivity contribution >= 4 is 15.9 Å². The Labute approximate surface area is 101 Å². The van der Waals surface area contributed by atoms with Crippen molar-refractivity contribution in [2.75, 3.05) is 6.54 Å². The third-order valence-electron chi connectivity index (χ3n) is 3.43. The van der Waals surface area contributed by atoms with Crippen molar-refractivity contribution in [2.24, 2.45) is 11.1 Å². The molecule has 1 nitrogen and oxygen atoms in total. The van der Waals surface area contributed by atoms with Crippen LogP contribution >= 0.6 is 15.9 Å². The first kappa shape index (κ1) is 12.7. The van der Waals surface area contributed by atoms with Crippen LogP contribution < -0.4 is 5.73 Å². The molecule has 0 saturated carbocycles. The van der Waals surface area contributed by atoms with E-state index in [9.17, 15) is 0 Å². The molecule has 2 heteroatoms. The molecule has 1 rings (SSSR count). The van der Waals surface area contributed by atoms with Crippen molar-refractivity contribution in [1.29, 1.82) is 0 Å². The Morgan fingerprint density at radius 3 is 2.07 bits per heavy atom. The minimum absolute atomic E-state index is 0.286. The van der Waals surface area contributed by atoms with Crippen LogP contribution in [0.15, 0.2) is 28.7 Å². The largest absolute Gasteiger partial charge is 0.330 e. The van der Waals surface area contributed by atoms with Gasteiger partial charge in [0.15, 0.2) is 0 Å². The molecule has 84 valence electrons. The molecule has 0 amide bonds. The third kappa shape index (κ3) is 3.32. The van der Waals surface area contributed by atoms with E-state index in [0.29, 0.717) is 0 Å². The van der Waals surface area contributed by atoms with E-state index in [1.807, 2.05) is 0 Å². The van der Waals surface area contributed by atoms with E-state index in [2.05, 4.69) is 54.0 Å². The van der Waals surface area contributed by atoms with Gasteiger partial charge in [-0.05, 0) is 48.9 Å². The second kappa shape index (κ2) is 5.66.